The van der Waals surface area contributed by atoms with Crippen molar-refractivity contribution < 1.29 is 5.11 Å². The Morgan fingerprint density at radius 2 is 2.08 bits per heavy atom. The zero-order chi connectivity index (χ0) is 9.52. The summed E-state index contributed by atoms with van der Waals surface area (Å²) in [5.74, 6) is 5.28. The van der Waals surface area contributed by atoms with E-state index in [1.54, 1.807) is 0 Å². The van der Waals surface area contributed by atoms with Crippen LogP contribution in [0.5, 0.6) is 0 Å². The Bertz CT molecular complexity index is 327. The minimum absolute atomic E-state index is 0.107. The molecule has 1 rings (SSSR count). The van der Waals surface area contributed by atoms with E-state index in [9.17, 15) is 0 Å². The Labute approximate surface area is 82.5 Å². The lowest BCUT2D eigenvalue weighted by atomic mass is 10.3. The molecule has 0 bridgehead atoms. The molecule has 2 nitrogen and oxygen atoms in total. The Balaban J connectivity index is 2.50. The van der Waals surface area contributed by atoms with E-state index in [1.807, 2.05) is 24.3 Å². The van der Waals surface area contributed by atoms with Gasteiger partial charge < -0.3 is 10.4 Å². The molecule has 2 N–H and O–H groups in total. The van der Waals surface area contributed by atoms with Crippen molar-refractivity contribution in [3.63, 3.8) is 0 Å². The largest absolute Gasteiger partial charge is 0.384 e. The van der Waals surface area contributed by atoms with E-state index in [-0.39, 0.29) is 6.61 Å². The number of hydrogen-bond donors (Lipinski definition) is 2. The van der Waals surface area contributed by atoms with Crippen LogP contribution in [0.2, 0.25) is 5.02 Å². The summed E-state index contributed by atoms with van der Waals surface area (Å²) in [7, 11) is 0. The highest BCUT2D eigenvalue weighted by molar-refractivity contribution is 6.33. The van der Waals surface area contributed by atoms with Crippen molar-refractivity contribution in [3.05, 3.63) is 29.3 Å². The zero-order valence-corrected chi connectivity index (χ0v) is 7.80. The Morgan fingerprint density at radius 1 is 1.31 bits per heavy atom. The third-order valence-corrected chi connectivity index (χ3v) is 1.77. The second-order valence-corrected chi connectivity index (χ2v) is 2.75. The topological polar surface area (TPSA) is 32.3 Å². The molecule has 0 saturated heterocycles. The Hall–Kier alpha value is -1.17. The fourth-order valence-electron chi connectivity index (χ4n) is 0.862. The number of para-hydroxylation sites is 1. The van der Waals surface area contributed by atoms with Crippen LogP contribution in [0.3, 0.4) is 0 Å². The molecule has 0 radical (unpaired) electrons. The molecule has 68 valence electrons. The van der Waals surface area contributed by atoms with E-state index in [0.717, 1.165) is 5.69 Å². The second kappa shape index (κ2) is 5.47. The van der Waals surface area contributed by atoms with Crippen molar-refractivity contribution in [1.29, 1.82) is 0 Å². The molecule has 0 aromatic heterocycles. The van der Waals surface area contributed by atoms with Crippen LogP contribution in [-0.4, -0.2) is 18.3 Å². The van der Waals surface area contributed by atoms with Gasteiger partial charge in [-0.05, 0) is 12.1 Å². The number of aliphatic hydroxyl groups excluding tert-OH is 1. The van der Waals surface area contributed by atoms with Crippen molar-refractivity contribution in [3.8, 4) is 11.8 Å². The van der Waals surface area contributed by atoms with E-state index in [2.05, 4.69) is 17.2 Å². The molecule has 0 heterocycles. The lowest BCUT2D eigenvalue weighted by molar-refractivity contribution is 0.350. The number of anilines is 1. The first-order valence-corrected chi connectivity index (χ1v) is 4.27. The minimum atomic E-state index is -0.107. The van der Waals surface area contributed by atoms with Gasteiger partial charge in [0.25, 0.3) is 0 Å². The van der Waals surface area contributed by atoms with Crippen LogP contribution in [0.4, 0.5) is 5.69 Å². The quantitative estimate of drug-likeness (QED) is 0.705. The van der Waals surface area contributed by atoms with Gasteiger partial charge >= 0.3 is 0 Å². The number of nitrogens with one attached hydrogen (secondary N) is 1. The third kappa shape index (κ3) is 3.37. The van der Waals surface area contributed by atoms with Crippen LogP contribution in [0.1, 0.15) is 0 Å². The first-order valence-electron chi connectivity index (χ1n) is 3.89. The van der Waals surface area contributed by atoms with Gasteiger partial charge in [0, 0.05) is 0 Å². The van der Waals surface area contributed by atoms with Crippen molar-refractivity contribution >= 4 is 17.3 Å². The Kier molecular flexibility index (Phi) is 4.17. The molecule has 0 unspecified atom stereocenters. The first-order chi connectivity index (χ1) is 6.34. The van der Waals surface area contributed by atoms with Crippen LogP contribution in [0.15, 0.2) is 24.3 Å². The molecule has 3 heteroatoms. The molecule has 0 saturated carbocycles. The molecule has 0 aliphatic carbocycles. The van der Waals surface area contributed by atoms with Crippen molar-refractivity contribution in [1.82, 2.24) is 0 Å². The summed E-state index contributed by atoms with van der Waals surface area (Å²) >= 11 is 5.88. The van der Waals surface area contributed by atoms with E-state index in [4.69, 9.17) is 16.7 Å². The Morgan fingerprint density at radius 3 is 2.77 bits per heavy atom. The summed E-state index contributed by atoms with van der Waals surface area (Å²) in [6, 6.07) is 7.45. The van der Waals surface area contributed by atoms with Gasteiger partial charge in [-0.1, -0.05) is 35.6 Å². The lowest BCUT2D eigenvalue weighted by Gasteiger charge is -2.03. The molecule has 0 atom stereocenters. The maximum Gasteiger partial charge on any atom is 0.104 e. The summed E-state index contributed by atoms with van der Waals surface area (Å²) in [5.41, 5.74) is 0.858. The molecule has 1 aromatic carbocycles. The first kappa shape index (κ1) is 9.91. The average molecular weight is 196 g/mol. The molecule has 0 fully saturated rings. The number of hydrogen-bond acceptors (Lipinski definition) is 2. The molecule has 0 amide bonds. The van der Waals surface area contributed by atoms with E-state index >= 15 is 0 Å². The highest BCUT2D eigenvalue weighted by atomic mass is 35.5. The second-order valence-electron chi connectivity index (χ2n) is 2.35. The van der Waals surface area contributed by atoms with Crippen LogP contribution in [-0.2, 0) is 0 Å². The third-order valence-electron chi connectivity index (χ3n) is 1.45. The summed E-state index contributed by atoms with van der Waals surface area (Å²) in [4.78, 5) is 0. The molecule has 13 heavy (non-hydrogen) atoms. The fraction of sp³-hybridized carbons (Fsp3) is 0.200. The number of benzene rings is 1. The molecule has 1 aromatic rings. The molecular weight excluding hydrogens is 186 g/mol. The summed E-state index contributed by atoms with van der Waals surface area (Å²) in [6.45, 7) is 0.383. The average Bonchev–Trinajstić information content (AvgIpc) is 2.15. The SMILES string of the molecule is OCC#CCNc1ccccc1Cl. The fourth-order valence-corrected chi connectivity index (χ4v) is 1.06. The van der Waals surface area contributed by atoms with Gasteiger partial charge in [-0.25, -0.2) is 0 Å². The lowest BCUT2D eigenvalue weighted by Crippen LogP contribution is -1.99. The summed E-state index contributed by atoms with van der Waals surface area (Å²) in [5, 5.41) is 12.1. The molecule has 0 aliphatic heterocycles. The molecular formula is C10H10ClNO. The highest BCUT2D eigenvalue weighted by Crippen LogP contribution is 2.19. The van der Waals surface area contributed by atoms with E-state index in [1.165, 1.54) is 0 Å². The van der Waals surface area contributed by atoms with Gasteiger partial charge in [0.15, 0.2) is 0 Å². The van der Waals surface area contributed by atoms with Crippen molar-refractivity contribution in [2.45, 2.75) is 0 Å². The summed E-state index contributed by atoms with van der Waals surface area (Å²) < 4.78 is 0. The van der Waals surface area contributed by atoms with Gasteiger partial charge in [0.1, 0.15) is 6.61 Å². The van der Waals surface area contributed by atoms with Crippen molar-refractivity contribution in [2.75, 3.05) is 18.5 Å². The number of halogens is 1. The van der Waals surface area contributed by atoms with Crippen molar-refractivity contribution in [2.24, 2.45) is 0 Å². The standard InChI is InChI=1S/C10H10ClNO/c11-9-5-1-2-6-10(9)12-7-3-4-8-13/h1-2,5-6,12-13H,7-8H2. The van der Waals surface area contributed by atoms with Crippen LogP contribution >= 0.6 is 11.6 Å². The van der Waals surface area contributed by atoms with Gasteiger partial charge in [-0.3, -0.25) is 0 Å². The number of rotatable bonds is 2. The molecule has 0 spiro atoms. The van der Waals surface area contributed by atoms with Crippen LogP contribution < -0.4 is 5.32 Å². The van der Waals surface area contributed by atoms with Gasteiger partial charge in [0.05, 0.1) is 17.3 Å². The van der Waals surface area contributed by atoms with Gasteiger partial charge in [0.2, 0.25) is 0 Å². The maximum atomic E-state index is 8.39. The minimum Gasteiger partial charge on any atom is -0.384 e. The summed E-state index contributed by atoms with van der Waals surface area (Å²) in [6.07, 6.45) is 0. The number of aliphatic hydroxyl groups is 1. The van der Waals surface area contributed by atoms with Gasteiger partial charge in [-0.2, -0.15) is 0 Å². The smallest absolute Gasteiger partial charge is 0.104 e. The zero-order valence-electron chi connectivity index (χ0n) is 7.05. The van der Waals surface area contributed by atoms with Gasteiger partial charge in [-0.15, -0.1) is 0 Å². The monoisotopic (exact) mass is 195 g/mol. The van der Waals surface area contributed by atoms with Crippen LogP contribution in [0, 0.1) is 11.8 Å². The predicted molar refractivity (Wildman–Crippen MR) is 54.8 cm³/mol. The highest BCUT2D eigenvalue weighted by Gasteiger charge is 1.94. The van der Waals surface area contributed by atoms with E-state index < -0.39 is 0 Å². The normalized spacial score (nSPS) is 8.77. The maximum absolute atomic E-state index is 8.39. The predicted octanol–water partition coefficient (Wildman–Crippen LogP) is 1.75. The van der Waals surface area contributed by atoms with E-state index in [0.29, 0.717) is 11.6 Å². The molecule has 0 aliphatic rings. The van der Waals surface area contributed by atoms with Crippen LogP contribution in [0.25, 0.3) is 0 Å².